The van der Waals surface area contributed by atoms with Gasteiger partial charge in [-0.05, 0) is 63.4 Å². The summed E-state index contributed by atoms with van der Waals surface area (Å²) in [6.07, 6.45) is 4.02. The Balaban J connectivity index is 1.40. The van der Waals surface area contributed by atoms with E-state index in [1.165, 1.54) is 12.1 Å². The van der Waals surface area contributed by atoms with Crippen LogP contribution in [-0.4, -0.2) is 51.0 Å². The number of nitrogens with zero attached hydrogens (tertiary/aromatic N) is 4. The van der Waals surface area contributed by atoms with E-state index in [-0.39, 0.29) is 23.7 Å². The van der Waals surface area contributed by atoms with Crippen molar-refractivity contribution in [1.29, 1.82) is 0 Å². The van der Waals surface area contributed by atoms with E-state index in [9.17, 15) is 9.18 Å². The molecule has 27 heavy (non-hydrogen) atoms. The van der Waals surface area contributed by atoms with Gasteiger partial charge in [0.15, 0.2) is 0 Å². The molecule has 1 aromatic heterocycles. The lowest BCUT2D eigenvalue weighted by Crippen LogP contribution is -2.58. The molecule has 144 valence electrons. The zero-order chi connectivity index (χ0) is 19.0. The largest absolute Gasteiger partial charge is 0.354 e. The third kappa shape index (κ3) is 3.88. The molecule has 3 aliphatic rings. The third-order valence-electron chi connectivity index (χ3n) is 5.72. The highest BCUT2D eigenvalue weighted by Gasteiger charge is 2.43. The number of piperidine rings is 3. The number of nitrogens with one attached hydrogen (secondary N) is 1. The van der Waals surface area contributed by atoms with Gasteiger partial charge in [0.1, 0.15) is 11.5 Å². The van der Waals surface area contributed by atoms with E-state index in [2.05, 4.69) is 20.5 Å². The van der Waals surface area contributed by atoms with Crippen molar-refractivity contribution in [2.75, 3.05) is 13.1 Å². The lowest BCUT2D eigenvalue weighted by Gasteiger charge is -2.49. The fraction of sp³-hybridized carbons (Fsp3) is 0.550. The lowest BCUT2D eigenvalue weighted by molar-refractivity contribution is -0.133. The van der Waals surface area contributed by atoms with Crippen LogP contribution in [0.5, 0.6) is 0 Å². The minimum absolute atomic E-state index is 0.0999. The molecule has 7 heteroatoms. The summed E-state index contributed by atoms with van der Waals surface area (Å²) in [5.74, 6) is 0.479. The van der Waals surface area contributed by atoms with Gasteiger partial charge in [0.25, 0.3) is 0 Å². The molecule has 5 rings (SSSR count). The smallest absolute Gasteiger partial charge is 0.224 e. The van der Waals surface area contributed by atoms with E-state index in [0.717, 1.165) is 43.7 Å². The second kappa shape index (κ2) is 7.38. The number of benzene rings is 1. The average molecular weight is 371 g/mol. The van der Waals surface area contributed by atoms with E-state index in [0.29, 0.717) is 12.0 Å². The molecule has 2 aromatic rings. The molecule has 6 nitrogen and oxygen atoms in total. The molecule has 1 aromatic carbocycles. The van der Waals surface area contributed by atoms with Crippen LogP contribution in [-0.2, 0) is 11.3 Å². The van der Waals surface area contributed by atoms with E-state index < -0.39 is 0 Å². The number of hydrogen-bond donors (Lipinski definition) is 1. The molecule has 0 saturated carbocycles. The van der Waals surface area contributed by atoms with Crippen LogP contribution in [0.1, 0.15) is 26.7 Å². The quantitative estimate of drug-likeness (QED) is 0.876. The van der Waals surface area contributed by atoms with E-state index in [4.69, 9.17) is 0 Å². The van der Waals surface area contributed by atoms with Gasteiger partial charge in [-0.3, -0.25) is 14.4 Å². The average Bonchev–Trinajstić information content (AvgIpc) is 3.10. The predicted octanol–water partition coefficient (Wildman–Crippen LogP) is 2.32. The zero-order valence-electron chi connectivity index (χ0n) is 15.8. The summed E-state index contributed by atoms with van der Waals surface area (Å²) in [6.45, 7) is 6.65. The Morgan fingerprint density at radius 1 is 1.33 bits per heavy atom. The Bertz CT molecular complexity index is 803. The Hall–Kier alpha value is -2.28. The van der Waals surface area contributed by atoms with Crippen LogP contribution >= 0.6 is 0 Å². The Labute approximate surface area is 158 Å². The van der Waals surface area contributed by atoms with Gasteiger partial charge in [-0.2, -0.15) is 0 Å². The van der Waals surface area contributed by atoms with Gasteiger partial charge in [-0.15, -0.1) is 5.10 Å². The zero-order valence-corrected chi connectivity index (χ0v) is 15.8. The number of fused-ring (bicyclic) bond motifs is 3. The molecule has 1 amide bonds. The molecule has 3 aliphatic heterocycles. The monoisotopic (exact) mass is 371 g/mol. The lowest BCUT2D eigenvalue weighted by atomic mass is 9.75. The molecular formula is C20H26FN5O. The summed E-state index contributed by atoms with van der Waals surface area (Å²) in [7, 11) is 0. The number of halogens is 1. The highest BCUT2D eigenvalue weighted by molar-refractivity contribution is 5.79. The molecular weight excluding hydrogens is 345 g/mol. The Morgan fingerprint density at radius 3 is 2.78 bits per heavy atom. The molecule has 3 fully saturated rings. The van der Waals surface area contributed by atoms with Crippen molar-refractivity contribution in [3.63, 3.8) is 0 Å². The molecule has 0 aliphatic carbocycles. The molecule has 0 radical (unpaired) electrons. The van der Waals surface area contributed by atoms with E-state index in [1.54, 1.807) is 12.1 Å². The van der Waals surface area contributed by atoms with Crippen LogP contribution in [0.15, 0.2) is 30.5 Å². The molecule has 4 atom stereocenters. The van der Waals surface area contributed by atoms with Crippen LogP contribution in [0, 0.1) is 17.7 Å². The Kier molecular flexibility index (Phi) is 4.95. The summed E-state index contributed by atoms with van der Waals surface area (Å²) in [5.41, 5.74) is 1.61. The third-order valence-corrected chi connectivity index (χ3v) is 5.72. The number of carbonyl (C=O) groups excluding carboxylic acids is 1. The molecule has 3 saturated heterocycles. The highest BCUT2D eigenvalue weighted by atomic mass is 19.1. The Morgan fingerprint density at radius 2 is 2.11 bits per heavy atom. The topological polar surface area (TPSA) is 63.1 Å². The summed E-state index contributed by atoms with van der Waals surface area (Å²) in [5, 5.41) is 11.5. The molecule has 1 N–H and O–H groups in total. The minimum atomic E-state index is -0.256. The summed E-state index contributed by atoms with van der Waals surface area (Å²) in [4.78, 5) is 14.9. The van der Waals surface area contributed by atoms with Crippen molar-refractivity contribution >= 4 is 5.91 Å². The highest BCUT2D eigenvalue weighted by Crippen LogP contribution is 2.37. The molecule has 0 spiro atoms. The van der Waals surface area contributed by atoms with Crippen molar-refractivity contribution in [2.24, 2.45) is 11.8 Å². The van der Waals surface area contributed by atoms with E-state index >= 15 is 0 Å². The first kappa shape index (κ1) is 18.1. The number of hydrogen-bond acceptors (Lipinski definition) is 4. The van der Waals surface area contributed by atoms with Crippen LogP contribution in [0.4, 0.5) is 4.39 Å². The SMILES string of the molecule is CC(C)NC(=O)[C@H]1CN2CC[C@H]1C[C@@H]2Cn1cc(-c2ccc(F)cc2)nn1. The fourth-order valence-corrected chi connectivity index (χ4v) is 4.37. The summed E-state index contributed by atoms with van der Waals surface area (Å²) >= 11 is 0. The first-order valence-corrected chi connectivity index (χ1v) is 9.70. The van der Waals surface area contributed by atoms with Gasteiger partial charge in [0, 0.05) is 24.2 Å². The molecule has 2 bridgehead atoms. The van der Waals surface area contributed by atoms with Crippen LogP contribution in [0.2, 0.25) is 0 Å². The van der Waals surface area contributed by atoms with Crippen molar-refractivity contribution in [3.05, 3.63) is 36.3 Å². The summed E-state index contributed by atoms with van der Waals surface area (Å²) in [6, 6.07) is 6.87. The van der Waals surface area contributed by atoms with Gasteiger partial charge >= 0.3 is 0 Å². The van der Waals surface area contributed by atoms with Crippen molar-refractivity contribution in [2.45, 2.75) is 45.3 Å². The van der Waals surface area contributed by atoms with Crippen molar-refractivity contribution < 1.29 is 9.18 Å². The maximum Gasteiger partial charge on any atom is 0.224 e. The normalized spacial score (nSPS) is 27.1. The number of carbonyl (C=O) groups is 1. The van der Waals surface area contributed by atoms with Gasteiger partial charge in [-0.25, -0.2) is 4.39 Å². The van der Waals surface area contributed by atoms with Crippen molar-refractivity contribution in [1.82, 2.24) is 25.2 Å². The molecule has 1 unspecified atom stereocenters. The summed E-state index contributed by atoms with van der Waals surface area (Å²) < 4.78 is 15.0. The standard InChI is InChI=1S/C20H26FN5O/c1-13(2)22-20(27)18-11-25-8-7-15(18)9-17(25)10-26-12-19(23-24-26)14-3-5-16(21)6-4-14/h3-6,12-13,15,17-18H,7-11H2,1-2H3,(H,22,27)/t15-,17+,18-/m0/s1. The number of rotatable bonds is 5. The first-order valence-electron chi connectivity index (χ1n) is 9.70. The maximum atomic E-state index is 13.1. The second-order valence-corrected chi connectivity index (χ2v) is 8.04. The minimum Gasteiger partial charge on any atom is -0.354 e. The van der Waals surface area contributed by atoms with Crippen LogP contribution < -0.4 is 5.32 Å². The number of aromatic nitrogens is 3. The predicted molar refractivity (Wildman–Crippen MR) is 100 cm³/mol. The van der Waals surface area contributed by atoms with Crippen LogP contribution in [0.25, 0.3) is 11.3 Å². The first-order chi connectivity index (χ1) is 13.0. The van der Waals surface area contributed by atoms with Gasteiger partial charge in [-0.1, -0.05) is 5.21 Å². The fourth-order valence-electron chi connectivity index (χ4n) is 4.37. The molecule has 4 heterocycles. The van der Waals surface area contributed by atoms with Gasteiger partial charge < -0.3 is 5.32 Å². The second-order valence-electron chi connectivity index (χ2n) is 8.04. The number of amides is 1. The maximum absolute atomic E-state index is 13.1. The van der Waals surface area contributed by atoms with Gasteiger partial charge in [0.05, 0.1) is 18.7 Å². The van der Waals surface area contributed by atoms with E-state index in [1.807, 2.05) is 24.7 Å². The van der Waals surface area contributed by atoms with Crippen LogP contribution in [0.3, 0.4) is 0 Å². The van der Waals surface area contributed by atoms with Gasteiger partial charge in [0.2, 0.25) is 5.91 Å². The van der Waals surface area contributed by atoms with Crippen molar-refractivity contribution in [3.8, 4) is 11.3 Å².